The lowest BCUT2D eigenvalue weighted by Crippen LogP contribution is -2.53. The Balaban J connectivity index is 2.10. The molecule has 1 saturated heterocycles. The van der Waals surface area contributed by atoms with Crippen LogP contribution in [0.25, 0.3) is 0 Å². The van der Waals surface area contributed by atoms with Crippen molar-refractivity contribution in [2.45, 2.75) is 32.5 Å². The Labute approximate surface area is 117 Å². The molecule has 1 aromatic rings. The maximum Gasteiger partial charge on any atom is 0.288 e. The molecule has 1 fully saturated rings. The highest BCUT2D eigenvalue weighted by Gasteiger charge is 2.21. The first-order valence-electron chi connectivity index (χ1n) is 6.37. The lowest BCUT2D eigenvalue weighted by atomic mass is 10.1. The second-order valence-electron chi connectivity index (χ2n) is 5.21. The molecule has 5 nitrogen and oxygen atoms in total. The number of hydrogen-bond donors (Lipinski definition) is 1. The summed E-state index contributed by atoms with van der Waals surface area (Å²) in [5.74, 6) is 0. The summed E-state index contributed by atoms with van der Waals surface area (Å²) < 4.78 is 0. The van der Waals surface area contributed by atoms with E-state index in [0.717, 1.165) is 18.7 Å². The van der Waals surface area contributed by atoms with Gasteiger partial charge in [-0.25, -0.2) is 0 Å². The summed E-state index contributed by atoms with van der Waals surface area (Å²) in [6.45, 7) is 6.90. The van der Waals surface area contributed by atoms with Crippen molar-refractivity contribution in [2.75, 3.05) is 13.1 Å². The third-order valence-electron chi connectivity index (χ3n) is 3.25. The van der Waals surface area contributed by atoms with Crippen molar-refractivity contribution in [3.8, 4) is 0 Å². The van der Waals surface area contributed by atoms with Crippen molar-refractivity contribution in [3.63, 3.8) is 0 Å². The largest absolute Gasteiger partial charge is 0.309 e. The fourth-order valence-electron chi connectivity index (χ4n) is 2.62. The molecule has 0 spiro atoms. The summed E-state index contributed by atoms with van der Waals surface area (Å²) in [7, 11) is 0. The first-order valence-corrected chi connectivity index (χ1v) is 6.74. The molecule has 2 unspecified atom stereocenters. The highest BCUT2D eigenvalue weighted by atomic mass is 35.5. The van der Waals surface area contributed by atoms with E-state index in [-0.39, 0.29) is 10.7 Å². The van der Waals surface area contributed by atoms with Crippen molar-refractivity contribution in [1.82, 2.24) is 10.2 Å². The SMILES string of the molecule is CC1CN(Cc2ccc(Cl)c([N+](=O)[O-])c2)CC(C)N1. The standard InChI is InChI=1S/C13H18ClN3O2/c1-9-6-16(7-10(2)15-9)8-11-3-4-12(14)13(5-11)17(18)19/h3-5,9-10,15H,6-8H2,1-2H3. The van der Waals surface area contributed by atoms with Gasteiger partial charge in [-0.3, -0.25) is 15.0 Å². The van der Waals surface area contributed by atoms with Gasteiger partial charge in [0.15, 0.2) is 0 Å². The van der Waals surface area contributed by atoms with Crippen LogP contribution in [-0.2, 0) is 6.54 Å². The van der Waals surface area contributed by atoms with E-state index >= 15 is 0 Å². The van der Waals surface area contributed by atoms with E-state index in [1.807, 2.05) is 6.07 Å². The molecule has 0 bridgehead atoms. The predicted molar refractivity (Wildman–Crippen MR) is 75.4 cm³/mol. The summed E-state index contributed by atoms with van der Waals surface area (Å²) in [6, 6.07) is 5.90. The summed E-state index contributed by atoms with van der Waals surface area (Å²) in [5, 5.41) is 14.5. The fraction of sp³-hybridized carbons (Fsp3) is 0.538. The van der Waals surface area contributed by atoms with Crippen LogP contribution in [0.15, 0.2) is 18.2 Å². The first-order chi connectivity index (χ1) is 8.95. The number of nitrogens with one attached hydrogen (secondary N) is 1. The van der Waals surface area contributed by atoms with Crippen molar-refractivity contribution < 1.29 is 4.92 Å². The van der Waals surface area contributed by atoms with Crippen LogP contribution in [-0.4, -0.2) is 35.0 Å². The normalized spacial score (nSPS) is 24.4. The zero-order chi connectivity index (χ0) is 14.0. The van der Waals surface area contributed by atoms with Crippen molar-refractivity contribution in [3.05, 3.63) is 38.9 Å². The van der Waals surface area contributed by atoms with E-state index in [1.54, 1.807) is 12.1 Å². The maximum absolute atomic E-state index is 10.9. The van der Waals surface area contributed by atoms with Crippen LogP contribution in [0, 0.1) is 10.1 Å². The molecule has 0 aromatic heterocycles. The van der Waals surface area contributed by atoms with E-state index < -0.39 is 4.92 Å². The van der Waals surface area contributed by atoms with Gasteiger partial charge in [0.2, 0.25) is 0 Å². The zero-order valence-electron chi connectivity index (χ0n) is 11.1. The third-order valence-corrected chi connectivity index (χ3v) is 3.57. The summed E-state index contributed by atoms with van der Waals surface area (Å²) in [5.41, 5.74) is 0.910. The molecule has 1 N–H and O–H groups in total. The molecular weight excluding hydrogens is 266 g/mol. The monoisotopic (exact) mass is 283 g/mol. The van der Waals surface area contributed by atoms with Crippen LogP contribution in [0.3, 0.4) is 0 Å². The molecule has 0 radical (unpaired) electrons. The molecule has 0 amide bonds. The molecule has 1 heterocycles. The second-order valence-corrected chi connectivity index (χ2v) is 5.61. The van der Waals surface area contributed by atoms with Gasteiger partial charge in [-0.05, 0) is 25.5 Å². The average Bonchev–Trinajstić information content (AvgIpc) is 2.30. The van der Waals surface area contributed by atoms with Crippen LogP contribution in [0.1, 0.15) is 19.4 Å². The molecule has 6 heteroatoms. The number of nitrogens with zero attached hydrogens (tertiary/aromatic N) is 2. The van der Waals surface area contributed by atoms with Gasteiger partial charge in [0.1, 0.15) is 5.02 Å². The number of halogens is 1. The van der Waals surface area contributed by atoms with Crippen LogP contribution in [0.5, 0.6) is 0 Å². The van der Waals surface area contributed by atoms with Gasteiger partial charge in [0.05, 0.1) is 4.92 Å². The number of benzene rings is 1. The highest BCUT2D eigenvalue weighted by Crippen LogP contribution is 2.25. The molecule has 0 aliphatic carbocycles. The Bertz CT molecular complexity index is 471. The lowest BCUT2D eigenvalue weighted by Gasteiger charge is -2.36. The summed E-state index contributed by atoms with van der Waals surface area (Å²) >= 11 is 5.82. The highest BCUT2D eigenvalue weighted by molar-refractivity contribution is 6.32. The van der Waals surface area contributed by atoms with Gasteiger partial charge >= 0.3 is 0 Å². The van der Waals surface area contributed by atoms with Gasteiger partial charge in [0, 0.05) is 37.8 Å². The van der Waals surface area contributed by atoms with Crippen LogP contribution in [0.2, 0.25) is 5.02 Å². The Morgan fingerprint density at radius 2 is 2.05 bits per heavy atom. The summed E-state index contributed by atoms with van der Waals surface area (Å²) in [4.78, 5) is 12.7. The van der Waals surface area contributed by atoms with Gasteiger partial charge in [0.25, 0.3) is 5.69 Å². The van der Waals surface area contributed by atoms with E-state index in [0.29, 0.717) is 18.6 Å². The minimum Gasteiger partial charge on any atom is -0.309 e. The maximum atomic E-state index is 10.9. The minimum absolute atomic E-state index is 0.0181. The molecule has 1 aliphatic heterocycles. The number of rotatable bonds is 3. The minimum atomic E-state index is -0.436. The van der Waals surface area contributed by atoms with Crippen molar-refractivity contribution in [2.24, 2.45) is 0 Å². The summed E-state index contributed by atoms with van der Waals surface area (Å²) in [6.07, 6.45) is 0. The Hall–Kier alpha value is -1.17. The number of nitro groups is 1. The molecule has 19 heavy (non-hydrogen) atoms. The molecule has 0 saturated carbocycles. The van der Waals surface area contributed by atoms with Crippen LogP contribution >= 0.6 is 11.6 Å². The smallest absolute Gasteiger partial charge is 0.288 e. The van der Waals surface area contributed by atoms with Gasteiger partial charge in [-0.1, -0.05) is 17.7 Å². The fourth-order valence-corrected chi connectivity index (χ4v) is 2.81. The second kappa shape index (κ2) is 5.86. The Morgan fingerprint density at radius 3 is 2.63 bits per heavy atom. The number of hydrogen-bond acceptors (Lipinski definition) is 4. The van der Waals surface area contributed by atoms with E-state index in [2.05, 4.69) is 24.1 Å². The Kier molecular flexibility index (Phi) is 4.39. The third kappa shape index (κ3) is 3.65. The lowest BCUT2D eigenvalue weighted by molar-refractivity contribution is -0.384. The van der Waals surface area contributed by atoms with Gasteiger partial charge < -0.3 is 5.32 Å². The molecule has 1 aromatic carbocycles. The molecular formula is C13H18ClN3O2. The van der Waals surface area contributed by atoms with E-state index in [1.165, 1.54) is 0 Å². The van der Waals surface area contributed by atoms with Gasteiger partial charge in [-0.15, -0.1) is 0 Å². The molecule has 2 rings (SSSR count). The van der Waals surface area contributed by atoms with E-state index in [4.69, 9.17) is 11.6 Å². The molecule has 104 valence electrons. The molecule has 1 aliphatic rings. The molecule has 2 atom stereocenters. The van der Waals surface area contributed by atoms with Crippen molar-refractivity contribution in [1.29, 1.82) is 0 Å². The van der Waals surface area contributed by atoms with E-state index in [9.17, 15) is 10.1 Å². The van der Waals surface area contributed by atoms with Crippen LogP contribution < -0.4 is 5.32 Å². The number of nitro benzene ring substituents is 1. The number of piperazine rings is 1. The zero-order valence-corrected chi connectivity index (χ0v) is 11.9. The van der Waals surface area contributed by atoms with Crippen LogP contribution in [0.4, 0.5) is 5.69 Å². The average molecular weight is 284 g/mol. The quantitative estimate of drug-likeness (QED) is 0.684. The first kappa shape index (κ1) is 14.2. The predicted octanol–water partition coefficient (Wildman–Crippen LogP) is 2.43. The van der Waals surface area contributed by atoms with Crippen molar-refractivity contribution >= 4 is 17.3 Å². The van der Waals surface area contributed by atoms with Gasteiger partial charge in [-0.2, -0.15) is 0 Å². The Morgan fingerprint density at radius 1 is 1.42 bits per heavy atom. The topological polar surface area (TPSA) is 58.4 Å².